The molecular formula is C22H23N5O5S2. The highest BCUT2D eigenvalue weighted by atomic mass is 32.2. The van der Waals surface area contributed by atoms with Crippen molar-refractivity contribution in [2.24, 2.45) is 0 Å². The van der Waals surface area contributed by atoms with Crippen molar-refractivity contribution in [1.82, 2.24) is 19.6 Å². The quantitative estimate of drug-likeness (QED) is 0.365. The number of likely N-dealkylation sites (N-methyl/N-ethyl adjacent to an activating group) is 1. The first-order valence-electron chi connectivity index (χ1n) is 10.7. The Balaban J connectivity index is 1.92. The average Bonchev–Trinajstić information content (AvgIpc) is 3.04. The molecule has 178 valence electrons. The zero-order valence-corrected chi connectivity index (χ0v) is 20.5. The summed E-state index contributed by atoms with van der Waals surface area (Å²) >= 11 is 6.31. The molecule has 2 aliphatic rings. The van der Waals surface area contributed by atoms with Gasteiger partial charge in [-0.05, 0) is 31.6 Å². The van der Waals surface area contributed by atoms with E-state index in [1.807, 2.05) is 13.0 Å². The van der Waals surface area contributed by atoms with Crippen molar-refractivity contribution in [3.05, 3.63) is 44.7 Å². The standard InChI is InChI=1S/C22H23N5O5S2/c1-4-32-16(28)11-14-19(29)23-7-9-26(14)18-13(10-15-21(31)25(3)22(33)34-15)20(30)27-8-5-6-12(2)17(27)24-18/h5-6,8,10,14H,4,7,9,11H2,1-3H3,(H,23,29)/b15-10-/t14-/m0/s1. The summed E-state index contributed by atoms with van der Waals surface area (Å²) in [5.41, 5.74) is 0.922. The first-order chi connectivity index (χ1) is 16.2. The largest absolute Gasteiger partial charge is 0.466 e. The molecule has 0 unspecified atom stereocenters. The second-order valence-corrected chi connectivity index (χ2v) is 9.46. The smallest absolute Gasteiger partial charge is 0.308 e. The number of pyridine rings is 1. The van der Waals surface area contributed by atoms with Crippen LogP contribution in [-0.2, 0) is 19.1 Å². The Kier molecular flexibility index (Phi) is 6.71. The number of anilines is 1. The SMILES string of the molecule is CCOC(=O)C[C@H]1C(=O)NCCN1c1nc2c(C)cccn2c(=O)c1/C=C1\SC(=S)N(C)C1=O. The van der Waals surface area contributed by atoms with E-state index < -0.39 is 17.6 Å². The Labute approximate surface area is 204 Å². The van der Waals surface area contributed by atoms with Gasteiger partial charge in [-0.2, -0.15) is 0 Å². The predicted octanol–water partition coefficient (Wildman–Crippen LogP) is 1.09. The van der Waals surface area contributed by atoms with Gasteiger partial charge in [-0.1, -0.05) is 30.0 Å². The molecule has 1 N–H and O–H groups in total. The van der Waals surface area contributed by atoms with Gasteiger partial charge < -0.3 is 15.0 Å². The number of thiocarbonyl (C=S) groups is 1. The molecule has 2 aromatic rings. The first kappa shape index (κ1) is 23.9. The predicted molar refractivity (Wildman–Crippen MR) is 133 cm³/mol. The molecule has 4 rings (SSSR count). The van der Waals surface area contributed by atoms with Crippen LogP contribution in [0.4, 0.5) is 5.82 Å². The molecule has 1 atom stereocenters. The van der Waals surface area contributed by atoms with E-state index >= 15 is 0 Å². The number of rotatable bonds is 5. The summed E-state index contributed by atoms with van der Waals surface area (Å²) in [6, 6.07) is 2.64. The highest BCUT2D eigenvalue weighted by molar-refractivity contribution is 8.26. The second-order valence-electron chi connectivity index (χ2n) is 7.79. The molecule has 0 bridgehead atoms. The van der Waals surface area contributed by atoms with Gasteiger partial charge in [0.2, 0.25) is 5.91 Å². The van der Waals surface area contributed by atoms with Crippen LogP contribution in [0.2, 0.25) is 0 Å². The van der Waals surface area contributed by atoms with Gasteiger partial charge in [-0.15, -0.1) is 0 Å². The number of nitrogens with one attached hydrogen (secondary N) is 1. The maximum absolute atomic E-state index is 13.6. The zero-order valence-electron chi connectivity index (χ0n) is 18.9. The second kappa shape index (κ2) is 9.55. The molecule has 0 aromatic carbocycles. The fraction of sp³-hybridized carbons (Fsp3) is 0.364. The summed E-state index contributed by atoms with van der Waals surface area (Å²) in [5.74, 6) is -0.993. The maximum atomic E-state index is 13.6. The molecule has 0 radical (unpaired) electrons. The van der Waals surface area contributed by atoms with Crippen LogP contribution in [0, 0.1) is 6.92 Å². The van der Waals surface area contributed by atoms with Crippen molar-refractivity contribution in [3.8, 4) is 0 Å². The van der Waals surface area contributed by atoms with E-state index in [9.17, 15) is 19.2 Å². The highest BCUT2D eigenvalue weighted by Crippen LogP contribution is 2.33. The molecule has 4 heterocycles. The van der Waals surface area contributed by atoms with Crippen molar-refractivity contribution in [1.29, 1.82) is 0 Å². The number of carbonyl (C=O) groups excluding carboxylic acids is 3. The average molecular weight is 502 g/mol. The van der Waals surface area contributed by atoms with Crippen molar-refractivity contribution in [2.45, 2.75) is 26.3 Å². The van der Waals surface area contributed by atoms with E-state index in [0.29, 0.717) is 23.1 Å². The molecule has 2 aromatic heterocycles. The van der Waals surface area contributed by atoms with E-state index in [1.54, 1.807) is 31.1 Å². The molecule has 0 aliphatic carbocycles. The van der Waals surface area contributed by atoms with Gasteiger partial charge in [0.25, 0.3) is 11.5 Å². The minimum atomic E-state index is -0.918. The normalized spacial score (nSPS) is 19.8. The molecule has 0 saturated carbocycles. The van der Waals surface area contributed by atoms with Crippen LogP contribution >= 0.6 is 24.0 Å². The maximum Gasteiger partial charge on any atom is 0.308 e. The number of nitrogens with zero attached hydrogens (tertiary/aromatic N) is 4. The molecule has 12 heteroatoms. The Hall–Kier alpha value is -3.25. The monoisotopic (exact) mass is 501 g/mol. The van der Waals surface area contributed by atoms with Crippen LogP contribution < -0.4 is 15.8 Å². The molecule has 2 aliphatic heterocycles. The molecule has 10 nitrogen and oxygen atoms in total. The Morgan fingerprint density at radius 2 is 2.15 bits per heavy atom. The van der Waals surface area contributed by atoms with Crippen LogP contribution in [0.25, 0.3) is 11.7 Å². The number of piperazine rings is 1. The van der Waals surface area contributed by atoms with E-state index in [1.165, 1.54) is 15.4 Å². The fourth-order valence-corrected chi connectivity index (χ4v) is 5.03. The number of ether oxygens (including phenoxy) is 1. The molecule has 2 saturated heterocycles. The van der Waals surface area contributed by atoms with Gasteiger partial charge in [-0.3, -0.25) is 28.5 Å². The number of thioether (sulfide) groups is 1. The lowest BCUT2D eigenvalue weighted by molar-refractivity contribution is -0.145. The fourth-order valence-electron chi connectivity index (χ4n) is 3.87. The lowest BCUT2D eigenvalue weighted by Gasteiger charge is -2.36. The number of hydrogen-bond donors (Lipinski definition) is 1. The highest BCUT2D eigenvalue weighted by Gasteiger charge is 2.36. The molecule has 0 spiro atoms. The van der Waals surface area contributed by atoms with Crippen molar-refractivity contribution in [3.63, 3.8) is 0 Å². The van der Waals surface area contributed by atoms with Gasteiger partial charge in [0, 0.05) is 26.3 Å². The molecular weight excluding hydrogens is 478 g/mol. The zero-order chi connectivity index (χ0) is 24.6. The van der Waals surface area contributed by atoms with Crippen molar-refractivity contribution in [2.75, 3.05) is 31.6 Å². The third kappa shape index (κ3) is 4.30. The minimum Gasteiger partial charge on any atom is -0.466 e. The topological polar surface area (TPSA) is 113 Å². The van der Waals surface area contributed by atoms with Gasteiger partial charge in [0.05, 0.1) is 23.5 Å². The Morgan fingerprint density at radius 1 is 1.38 bits per heavy atom. The molecule has 34 heavy (non-hydrogen) atoms. The van der Waals surface area contributed by atoms with E-state index in [0.717, 1.165) is 17.3 Å². The van der Waals surface area contributed by atoms with Crippen LogP contribution in [0.15, 0.2) is 28.0 Å². The summed E-state index contributed by atoms with van der Waals surface area (Å²) in [5, 5.41) is 2.76. The van der Waals surface area contributed by atoms with Gasteiger partial charge in [-0.25, -0.2) is 4.98 Å². The van der Waals surface area contributed by atoms with Gasteiger partial charge >= 0.3 is 5.97 Å². The number of fused-ring (bicyclic) bond motifs is 1. The van der Waals surface area contributed by atoms with Crippen LogP contribution in [-0.4, -0.2) is 69.2 Å². The summed E-state index contributed by atoms with van der Waals surface area (Å²) in [7, 11) is 1.57. The molecule has 2 amide bonds. The summed E-state index contributed by atoms with van der Waals surface area (Å²) in [4.78, 5) is 59.3. The van der Waals surface area contributed by atoms with Gasteiger partial charge in [0.15, 0.2) is 0 Å². The van der Waals surface area contributed by atoms with E-state index in [2.05, 4.69) is 5.32 Å². The number of hydrogen-bond acceptors (Lipinski definition) is 9. The van der Waals surface area contributed by atoms with Crippen molar-refractivity contribution >= 4 is 63.6 Å². The minimum absolute atomic E-state index is 0.139. The van der Waals surface area contributed by atoms with Crippen molar-refractivity contribution < 1.29 is 19.1 Å². The van der Waals surface area contributed by atoms with Gasteiger partial charge in [0.1, 0.15) is 21.8 Å². The summed E-state index contributed by atoms with van der Waals surface area (Å²) in [6.45, 7) is 4.33. The lowest BCUT2D eigenvalue weighted by Crippen LogP contribution is -2.57. The van der Waals surface area contributed by atoms with E-state index in [-0.39, 0.29) is 41.1 Å². The summed E-state index contributed by atoms with van der Waals surface area (Å²) in [6.07, 6.45) is 2.87. The third-order valence-corrected chi connectivity index (χ3v) is 7.08. The Bertz CT molecular complexity index is 1300. The third-order valence-electron chi connectivity index (χ3n) is 5.59. The van der Waals surface area contributed by atoms with E-state index in [4.69, 9.17) is 21.9 Å². The number of amides is 2. The number of carbonyl (C=O) groups is 3. The number of aryl methyl sites for hydroxylation is 1. The summed E-state index contributed by atoms with van der Waals surface area (Å²) < 4.78 is 6.83. The number of esters is 1. The van der Waals surface area contributed by atoms with Crippen LogP contribution in [0.5, 0.6) is 0 Å². The van der Waals surface area contributed by atoms with Crippen LogP contribution in [0.3, 0.4) is 0 Å². The molecule has 2 fully saturated rings. The van der Waals surface area contributed by atoms with Crippen LogP contribution in [0.1, 0.15) is 24.5 Å². The number of aromatic nitrogens is 2. The first-order valence-corrected chi connectivity index (χ1v) is 11.9. The Morgan fingerprint density at radius 3 is 2.82 bits per heavy atom. The lowest BCUT2D eigenvalue weighted by atomic mass is 10.1.